The van der Waals surface area contributed by atoms with Gasteiger partial charge in [0.25, 0.3) is 0 Å². The number of rotatable bonds is 4. The third-order valence-electron chi connectivity index (χ3n) is 5.00. The Bertz CT molecular complexity index is 573. The molecule has 3 rings (SSSR count). The first kappa shape index (κ1) is 14.5. The van der Waals surface area contributed by atoms with E-state index in [0.29, 0.717) is 6.04 Å². The molecule has 3 heterocycles. The van der Waals surface area contributed by atoms with E-state index >= 15 is 0 Å². The van der Waals surface area contributed by atoms with Gasteiger partial charge in [0, 0.05) is 43.6 Å². The summed E-state index contributed by atoms with van der Waals surface area (Å²) in [6.07, 6.45) is 6.57. The van der Waals surface area contributed by atoms with Crippen LogP contribution in [0.3, 0.4) is 0 Å². The minimum atomic E-state index is 0.224. The standard InChI is InChI=1S/C17H26N4/c1-4-14-11-21(17(3,5-2)13-18-14)12-15-10-20-9-7-6-8-16(20)19-15/h6-10,14,18H,4-5,11-13H2,1-3H3. The minimum absolute atomic E-state index is 0.224. The van der Waals surface area contributed by atoms with Crippen molar-refractivity contribution >= 4 is 5.65 Å². The van der Waals surface area contributed by atoms with Gasteiger partial charge in [0.1, 0.15) is 5.65 Å². The molecule has 1 N–H and O–H groups in total. The van der Waals surface area contributed by atoms with Crippen molar-refractivity contribution in [3.63, 3.8) is 0 Å². The Kier molecular flexibility index (Phi) is 4.00. The summed E-state index contributed by atoms with van der Waals surface area (Å²) in [6.45, 7) is 10.0. The lowest BCUT2D eigenvalue weighted by Crippen LogP contribution is -2.62. The van der Waals surface area contributed by atoms with Gasteiger partial charge < -0.3 is 9.72 Å². The van der Waals surface area contributed by atoms with E-state index in [4.69, 9.17) is 4.98 Å². The summed E-state index contributed by atoms with van der Waals surface area (Å²) in [5, 5.41) is 3.69. The molecular formula is C17H26N4. The number of nitrogens with zero attached hydrogens (tertiary/aromatic N) is 3. The van der Waals surface area contributed by atoms with E-state index in [1.54, 1.807) is 0 Å². The van der Waals surface area contributed by atoms with Crippen molar-refractivity contribution in [2.75, 3.05) is 13.1 Å². The van der Waals surface area contributed by atoms with Crippen LogP contribution < -0.4 is 5.32 Å². The van der Waals surface area contributed by atoms with Gasteiger partial charge in [0.2, 0.25) is 0 Å². The van der Waals surface area contributed by atoms with E-state index in [0.717, 1.165) is 37.4 Å². The number of nitrogens with one attached hydrogen (secondary N) is 1. The van der Waals surface area contributed by atoms with E-state index in [-0.39, 0.29) is 5.54 Å². The van der Waals surface area contributed by atoms with Crippen LogP contribution in [0.15, 0.2) is 30.6 Å². The molecule has 1 saturated heterocycles. The van der Waals surface area contributed by atoms with Gasteiger partial charge >= 0.3 is 0 Å². The van der Waals surface area contributed by atoms with Crippen LogP contribution in [-0.2, 0) is 6.54 Å². The molecule has 4 heteroatoms. The molecular weight excluding hydrogens is 260 g/mol. The molecule has 114 valence electrons. The number of hydrogen-bond donors (Lipinski definition) is 1. The highest BCUT2D eigenvalue weighted by atomic mass is 15.3. The SMILES string of the molecule is CCC1CN(Cc2cn3ccccc3n2)C(C)(CC)CN1. The Balaban J connectivity index is 1.82. The number of imidazole rings is 1. The summed E-state index contributed by atoms with van der Waals surface area (Å²) in [5.41, 5.74) is 2.42. The second-order valence-corrected chi connectivity index (χ2v) is 6.42. The molecule has 0 saturated carbocycles. The Morgan fingerprint density at radius 1 is 1.38 bits per heavy atom. The van der Waals surface area contributed by atoms with Crippen LogP contribution in [-0.4, -0.2) is 39.0 Å². The zero-order valence-electron chi connectivity index (χ0n) is 13.3. The van der Waals surface area contributed by atoms with Gasteiger partial charge in [-0.1, -0.05) is 19.9 Å². The first-order valence-electron chi connectivity index (χ1n) is 8.05. The van der Waals surface area contributed by atoms with E-state index in [9.17, 15) is 0 Å². The second-order valence-electron chi connectivity index (χ2n) is 6.42. The first-order chi connectivity index (χ1) is 10.1. The Morgan fingerprint density at radius 2 is 2.24 bits per heavy atom. The van der Waals surface area contributed by atoms with Crippen LogP contribution in [0.1, 0.15) is 39.3 Å². The molecule has 2 aromatic heterocycles. The summed E-state index contributed by atoms with van der Waals surface area (Å²) in [4.78, 5) is 7.37. The largest absolute Gasteiger partial charge is 0.311 e. The van der Waals surface area contributed by atoms with Gasteiger partial charge in [-0.15, -0.1) is 0 Å². The lowest BCUT2D eigenvalue weighted by atomic mass is 9.91. The molecule has 2 aromatic rings. The number of fused-ring (bicyclic) bond motifs is 1. The van der Waals surface area contributed by atoms with Crippen LogP contribution in [0.2, 0.25) is 0 Å². The van der Waals surface area contributed by atoms with Crippen LogP contribution in [0.25, 0.3) is 5.65 Å². The summed E-state index contributed by atoms with van der Waals surface area (Å²) >= 11 is 0. The van der Waals surface area contributed by atoms with Crippen LogP contribution in [0.5, 0.6) is 0 Å². The predicted octanol–water partition coefficient (Wildman–Crippen LogP) is 2.69. The molecule has 0 aliphatic carbocycles. The molecule has 0 amide bonds. The Morgan fingerprint density at radius 3 is 2.95 bits per heavy atom. The number of pyridine rings is 1. The zero-order valence-corrected chi connectivity index (χ0v) is 13.3. The molecule has 4 nitrogen and oxygen atoms in total. The van der Waals surface area contributed by atoms with Gasteiger partial charge in [-0.2, -0.15) is 0 Å². The highest BCUT2D eigenvalue weighted by molar-refractivity contribution is 5.39. The van der Waals surface area contributed by atoms with Crippen molar-refractivity contribution in [3.8, 4) is 0 Å². The van der Waals surface area contributed by atoms with E-state index in [1.165, 1.54) is 6.42 Å². The van der Waals surface area contributed by atoms with Gasteiger partial charge in [0.15, 0.2) is 0 Å². The molecule has 1 fully saturated rings. The summed E-state index contributed by atoms with van der Waals surface area (Å²) in [5.74, 6) is 0. The van der Waals surface area contributed by atoms with Crippen LogP contribution in [0.4, 0.5) is 0 Å². The number of aromatic nitrogens is 2. The molecule has 2 atom stereocenters. The second kappa shape index (κ2) is 5.78. The topological polar surface area (TPSA) is 32.6 Å². The van der Waals surface area contributed by atoms with Gasteiger partial charge in [-0.3, -0.25) is 4.90 Å². The fourth-order valence-electron chi connectivity index (χ4n) is 3.16. The monoisotopic (exact) mass is 286 g/mol. The highest BCUT2D eigenvalue weighted by Crippen LogP contribution is 2.25. The molecule has 1 aliphatic heterocycles. The van der Waals surface area contributed by atoms with E-state index in [1.807, 2.05) is 12.1 Å². The average molecular weight is 286 g/mol. The van der Waals surface area contributed by atoms with Crippen molar-refractivity contribution in [1.29, 1.82) is 0 Å². The van der Waals surface area contributed by atoms with Crippen LogP contribution in [0, 0.1) is 0 Å². The van der Waals surface area contributed by atoms with Crippen molar-refractivity contribution in [1.82, 2.24) is 19.6 Å². The Labute approximate surface area is 127 Å². The fraction of sp³-hybridized carbons (Fsp3) is 0.588. The van der Waals surface area contributed by atoms with Crippen molar-refractivity contribution in [2.24, 2.45) is 0 Å². The first-order valence-corrected chi connectivity index (χ1v) is 8.05. The maximum absolute atomic E-state index is 4.76. The van der Waals surface area contributed by atoms with Crippen molar-refractivity contribution in [2.45, 2.75) is 51.7 Å². The molecule has 2 unspecified atom stereocenters. The van der Waals surface area contributed by atoms with Crippen molar-refractivity contribution < 1.29 is 0 Å². The number of piperazine rings is 1. The summed E-state index contributed by atoms with van der Waals surface area (Å²) in [6, 6.07) is 6.75. The molecule has 0 aromatic carbocycles. The van der Waals surface area contributed by atoms with E-state index in [2.05, 4.69) is 53.8 Å². The third kappa shape index (κ3) is 2.83. The molecule has 21 heavy (non-hydrogen) atoms. The van der Waals surface area contributed by atoms with Gasteiger partial charge in [-0.05, 0) is 31.9 Å². The molecule has 1 aliphatic rings. The lowest BCUT2D eigenvalue weighted by Gasteiger charge is -2.47. The smallest absolute Gasteiger partial charge is 0.137 e. The average Bonchev–Trinajstić information content (AvgIpc) is 2.92. The summed E-state index contributed by atoms with van der Waals surface area (Å²) < 4.78 is 2.11. The minimum Gasteiger partial charge on any atom is -0.311 e. The predicted molar refractivity (Wildman–Crippen MR) is 86.4 cm³/mol. The van der Waals surface area contributed by atoms with Gasteiger partial charge in [-0.25, -0.2) is 4.98 Å². The van der Waals surface area contributed by atoms with Gasteiger partial charge in [0.05, 0.1) is 5.69 Å². The lowest BCUT2D eigenvalue weighted by molar-refractivity contribution is 0.0399. The quantitative estimate of drug-likeness (QED) is 0.938. The number of hydrogen-bond acceptors (Lipinski definition) is 3. The Hall–Kier alpha value is -1.39. The molecule has 0 radical (unpaired) electrons. The zero-order chi connectivity index (χ0) is 14.9. The fourth-order valence-corrected chi connectivity index (χ4v) is 3.16. The normalized spacial score (nSPS) is 27.3. The maximum atomic E-state index is 4.76. The van der Waals surface area contributed by atoms with Crippen molar-refractivity contribution in [3.05, 3.63) is 36.3 Å². The van der Waals surface area contributed by atoms with E-state index < -0.39 is 0 Å². The maximum Gasteiger partial charge on any atom is 0.137 e. The highest BCUT2D eigenvalue weighted by Gasteiger charge is 2.36. The molecule has 0 bridgehead atoms. The van der Waals surface area contributed by atoms with Crippen LogP contribution >= 0.6 is 0 Å². The molecule has 0 spiro atoms. The third-order valence-corrected chi connectivity index (χ3v) is 5.00. The summed E-state index contributed by atoms with van der Waals surface area (Å²) in [7, 11) is 0.